The van der Waals surface area contributed by atoms with E-state index in [1.54, 1.807) is 10.9 Å². The summed E-state index contributed by atoms with van der Waals surface area (Å²) < 4.78 is 1.78. The van der Waals surface area contributed by atoms with Gasteiger partial charge in [0.05, 0.1) is 18.4 Å². The Balaban J connectivity index is 1.34. The molecule has 0 saturated heterocycles. The second-order valence-electron chi connectivity index (χ2n) is 6.46. The average Bonchev–Trinajstić information content (AvgIpc) is 3.27. The van der Waals surface area contributed by atoms with Crippen LogP contribution in [0.15, 0.2) is 67.1 Å². The molecular formula is C21H19ClN4O. The number of nitrogens with zero attached hydrogens (tertiary/aromatic N) is 2. The highest BCUT2D eigenvalue weighted by Crippen LogP contribution is 2.19. The van der Waals surface area contributed by atoms with Crippen molar-refractivity contribution in [2.75, 3.05) is 5.32 Å². The molecule has 0 atom stereocenters. The Morgan fingerprint density at radius 2 is 2.07 bits per heavy atom. The molecule has 5 nitrogen and oxygen atoms in total. The molecule has 2 aromatic heterocycles. The average molecular weight is 379 g/mol. The highest BCUT2D eigenvalue weighted by atomic mass is 35.5. The molecule has 0 saturated carbocycles. The normalized spacial score (nSPS) is 11.0. The number of hydrogen-bond donors (Lipinski definition) is 2. The molecule has 4 aromatic rings. The van der Waals surface area contributed by atoms with Gasteiger partial charge in [0.15, 0.2) is 0 Å². The molecule has 1 amide bonds. The molecule has 4 rings (SSSR count). The lowest BCUT2D eigenvalue weighted by atomic mass is 10.1. The van der Waals surface area contributed by atoms with E-state index < -0.39 is 0 Å². The number of para-hydroxylation sites is 1. The maximum atomic E-state index is 12.3. The Hall–Kier alpha value is -3.05. The number of H-pyrrole nitrogens is 1. The highest BCUT2D eigenvalue weighted by molar-refractivity contribution is 6.30. The van der Waals surface area contributed by atoms with Crippen molar-refractivity contribution in [3.05, 3.63) is 83.3 Å². The topological polar surface area (TPSA) is 62.7 Å². The molecule has 0 bridgehead atoms. The molecule has 0 unspecified atom stereocenters. The molecule has 2 N–H and O–H groups in total. The van der Waals surface area contributed by atoms with Crippen molar-refractivity contribution in [2.45, 2.75) is 19.4 Å². The third-order valence-electron chi connectivity index (χ3n) is 4.45. The molecule has 2 heterocycles. The quantitative estimate of drug-likeness (QED) is 0.513. The van der Waals surface area contributed by atoms with Crippen LogP contribution in [0.4, 0.5) is 5.69 Å². The minimum Gasteiger partial charge on any atom is -0.361 e. The molecule has 6 heteroatoms. The van der Waals surface area contributed by atoms with Crippen LogP contribution in [-0.2, 0) is 17.8 Å². The van der Waals surface area contributed by atoms with Crippen LogP contribution in [0.3, 0.4) is 0 Å². The lowest BCUT2D eigenvalue weighted by Crippen LogP contribution is -2.11. The van der Waals surface area contributed by atoms with E-state index in [0.717, 1.165) is 16.6 Å². The van der Waals surface area contributed by atoms with E-state index in [1.807, 2.05) is 54.9 Å². The minimum absolute atomic E-state index is 0.0254. The first-order valence-corrected chi connectivity index (χ1v) is 9.17. The van der Waals surface area contributed by atoms with Gasteiger partial charge in [0.25, 0.3) is 0 Å². The number of hydrogen-bond acceptors (Lipinski definition) is 2. The van der Waals surface area contributed by atoms with Crippen molar-refractivity contribution in [2.24, 2.45) is 0 Å². The van der Waals surface area contributed by atoms with Gasteiger partial charge in [-0.2, -0.15) is 5.10 Å². The van der Waals surface area contributed by atoms with Gasteiger partial charge < -0.3 is 10.3 Å². The van der Waals surface area contributed by atoms with Crippen LogP contribution in [-0.4, -0.2) is 20.7 Å². The fourth-order valence-corrected chi connectivity index (χ4v) is 3.36. The van der Waals surface area contributed by atoms with E-state index in [-0.39, 0.29) is 5.91 Å². The Bertz CT molecular complexity index is 1080. The third-order valence-corrected chi connectivity index (χ3v) is 4.68. The molecule has 27 heavy (non-hydrogen) atoms. The number of halogens is 1. The van der Waals surface area contributed by atoms with Gasteiger partial charge in [0.1, 0.15) is 0 Å². The van der Waals surface area contributed by atoms with E-state index in [2.05, 4.69) is 21.5 Å². The van der Waals surface area contributed by atoms with Crippen molar-refractivity contribution in [3.63, 3.8) is 0 Å². The first kappa shape index (κ1) is 17.4. The number of amides is 1. The highest BCUT2D eigenvalue weighted by Gasteiger charge is 2.08. The fraction of sp³-hybridized carbons (Fsp3) is 0.143. The zero-order valence-electron chi connectivity index (χ0n) is 14.7. The number of benzene rings is 2. The summed E-state index contributed by atoms with van der Waals surface area (Å²) in [5.74, 6) is -0.0254. The number of rotatable bonds is 6. The van der Waals surface area contributed by atoms with Gasteiger partial charge in [0, 0.05) is 34.7 Å². The van der Waals surface area contributed by atoms with Crippen LogP contribution >= 0.6 is 11.6 Å². The lowest BCUT2D eigenvalue weighted by molar-refractivity contribution is -0.116. The van der Waals surface area contributed by atoms with Crippen LogP contribution in [0, 0.1) is 0 Å². The summed E-state index contributed by atoms with van der Waals surface area (Å²) >= 11 is 6.01. The Labute approximate surface area is 162 Å². The van der Waals surface area contributed by atoms with Gasteiger partial charge in [-0.25, -0.2) is 0 Å². The summed E-state index contributed by atoms with van der Waals surface area (Å²) in [6, 6.07) is 15.8. The molecular weight excluding hydrogens is 360 g/mol. The van der Waals surface area contributed by atoms with E-state index in [1.165, 1.54) is 5.39 Å². The van der Waals surface area contributed by atoms with Crippen molar-refractivity contribution >= 4 is 34.1 Å². The summed E-state index contributed by atoms with van der Waals surface area (Å²) in [6.45, 7) is 0.603. The Morgan fingerprint density at radius 1 is 1.19 bits per heavy atom. The number of fused-ring (bicyclic) bond motifs is 1. The predicted molar refractivity (Wildman–Crippen MR) is 108 cm³/mol. The third kappa shape index (κ3) is 4.20. The molecule has 0 aliphatic rings. The van der Waals surface area contributed by atoms with Crippen molar-refractivity contribution in [1.29, 1.82) is 0 Å². The summed E-state index contributed by atoms with van der Waals surface area (Å²) in [4.78, 5) is 15.5. The van der Waals surface area contributed by atoms with Crippen molar-refractivity contribution < 1.29 is 4.79 Å². The maximum absolute atomic E-state index is 12.3. The van der Waals surface area contributed by atoms with Crippen molar-refractivity contribution in [3.8, 4) is 0 Å². The van der Waals surface area contributed by atoms with Crippen LogP contribution in [0.5, 0.6) is 0 Å². The molecule has 0 aliphatic carbocycles. The van der Waals surface area contributed by atoms with Crippen LogP contribution in [0.2, 0.25) is 5.02 Å². The number of anilines is 1. The molecule has 2 aromatic carbocycles. The van der Waals surface area contributed by atoms with Gasteiger partial charge in [-0.15, -0.1) is 0 Å². The van der Waals surface area contributed by atoms with Gasteiger partial charge in [-0.05, 0) is 35.7 Å². The molecule has 0 aliphatic heterocycles. The number of aromatic nitrogens is 3. The van der Waals surface area contributed by atoms with Gasteiger partial charge >= 0.3 is 0 Å². The monoisotopic (exact) mass is 378 g/mol. The van der Waals surface area contributed by atoms with Crippen LogP contribution < -0.4 is 5.32 Å². The summed E-state index contributed by atoms with van der Waals surface area (Å²) in [7, 11) is 0. The number of nitrogens with one attached hydrogen (secondary N) is 2. The first-order valence-electron chi connectivity index (χ1n) is 8.79. The molecule has 0 fully saturated rings. The van der Waals surface area contributed by atoms with Crippen LogP contribution in [0.25, 0.3) is 10.9 Å². The zero-order valence-corrected chi connectivity index (χ0v) is 15.4. The zero-order chi connectivity index (χ0) is 18.6. The molecule has 136 valence electrons. The predicted octanol–water partition coefficient (Wildman–Crippen LogP) is 4.64. The minimum atomic E-state index is -0.0254. The van der Waals surface area contributed by atoms with Gasteiger partial charge in [-0.1, -0.05) is 41.9 Å². The second-order valence-corrected chi connectivity index (χ2v) is 6.90. The lowest BCUT2D eigenvalue weighted by Gasteiger charge is -2.03. The van der Waals surface area contributed by atoms with E-state index >= 15 is 0 Å². The molecule has 0 radical (unpaired) electrons. The summed E-state index contributed by atoms with van der Waals surface area (Å²) in [5.41, 5.74) is 4.00. The number of aromatic amines is 1. The first-order chi connectivity index (χ1) is 13.2. The van der Waals surface area contributed by atoms with Gasteiger partial charge in [-0.3, -0.25) is 9.48 Å². The SMILES string of the molecule is O=C(CCc1c[nH]c2ccccc12)Nc1cnn(Cc2cccc(Cl)c2)c1. The van der Waals surface area contributed by atoms with Crippen molar-refractivity contribution in [1.82, 2.24) is 14.8 Å². The van der Waals surface area contributed by atoms with Crippen LogP contribution in [0.1, 0.15) is 17.5 Å². The smallest absolute Gasteiger partial charge is 0.224 e. The van der Waals surface area contributed by atoms with E-state index in [4.69, 9.17) is 11.6 Å². The standard InChI is InChI=1S/C21H19ClN4O/c22-17-5-3-4-15(10-17)13-26-14-18(12-24-26)25-21(27)9-8-16-11-23-20-7-2-1-6-19(16)20/h1-7,10-12,14,23H,8-9,13H2,(H,25,27). The summed E-state index contributed by atoms with van der Waals surface area (Å²) in [5, 5.41) is 9.08. The fourth-order valence-electron chi connectivity index (χ4n) is 3.15. The van der Waals surface area contributed by atoms with E-state index in [9.17, 15) is 4.79 Å². The number of aryl methyl sites for hydroxylation is 1. The number of carbonyl (C=O) groups excluding carboxylic acids is 1. The second kappa shape index (κ2) is 7.68. The Kier molecular flexibility index (Phi) is 4.94. The maximum Gasteiger partial charge on any atom is 0.224 e. The molecule has 0 spiro atoms. The van der Waals surface area contributed by atoms with E-state index in [0.29, 0.717) is 30.1 Å². The largest absolute Gasteiger partial charge is 0.361 e. The summed E-state index contributed by atoms with van der Waals surface area (Å²) in [6.07, 6.45) is 6.56. The number of carbonyl (C=O) groups is 1. The Morgan fingerprint density at radius 3 is 2.96 bits per heavy atom. The van der Waals surface area contributed by atoms with Gasteiger partial charge in [0.2, 0.25) is 5.91 Å².